The Balaban J connectivity index is 1.60. The highest BCUT2D eigenvalue weighted by Gasteiger charge is 2.49. The van der Waals surface area contributed by atoms with Crippen LogP contribution in [0.5, 0.6) is 0 Å². The Morgan fingerprint density at radius 3 is 2.92 bits per heavy atom. The Morgan fingerprint density at radius 1 is 1.38 bits per heavy atom. The highest BCUT2D eigenvalue weighted by molar-refractivity contribution is 5.93. The van der Waals surface area contributed by atoms with Gasteiger partial charge in [-0.15, -0.1) is 0 Å². The number of rotatable bonds is 5. The van der Waals surface area contributed by atoms with Crippen LogP contribution in [0.25, 0.3) is 0 Å². The minimum atomic E-state index is -0.533. The molecule has 0 radical (unpaired) electrons. The van der Waals surface area contributed by atoms with Crippen molar-refractivity contribution in [1.82, 2.24) is 5.06 Å². The number of nitrogens with zero attached hydrogens (tertiary/aromatic N) is 1. The van der Waals surface area contributed by atoms with Crippen molar-refractivity contribution in [3.63, 3.8) is 0 Å². The second-order valence-corrected chi connectivity index (χ2v) is 6.73. The van der Waals surface area contributed by atoms with Gasteiger partial charge < -0.3 is 14.2 Å². The summed E-state index contributed by atoms with van der Waals surface area (Å²) in [7, 11) is 3.07. The lowest BCUT2D eigenvalue weighted by Gasteiger charge is -2.21. The van der Waals surface area contributed by atoms with Gasteiger partial charge in [-0.05, 0) is 44.4 Å². The van der Waals surface area contributed by atoms with Gasteiger partial charge in [-0.2, -0.15) is 0 Å². The van der Waals surface area contributed by atoms with Crippen LogP contribution in [-0.2, 0) is 25.5 Å². The summed E-state index contributed by atoms with van der Waals surface area (Å²) in [6, 6.07) is 7.61. The Labute approximate surface area is 142 Å². The predicted molar refractivity (Wildman–Crippen MR) is 87.4 cm³/mol. The van der Waals surface area contributed by atoms with Gasteiger partial charge in [0.2, 0.25) is 0 Å². The smallest absolute Gasteiger partial charge is 0.277 e. The maximum atomic E-state index is 12.1. The average molecular weight is 335 g/mol. The molecule has 6 nitrogen and oxygen atoms in total. The average Bonchev–Trinajstić information content (AvgIpc) is 3.06. The zero-order chi connectivity index (χ0) is 17.3. The van der Waals surface area contributed by atoms with Crippen LogP contribution in [0.3, 0.4) is 0 Å². The molecule has 2 aliphatic heterocycles. The topological polar surface area (TPSA) is 57.2 Å². The lowest BCUT2D eigenvalue weighted by atomic mass is 10.0. The molecule has 2 saturated heterocycles. The van der Waals surface area contributed by atoms with Crippen molar-refractivity contribution >= 4 is 5.91 Å². The summed E-state index contributed by atoms with van der Waals surface area (Å²) in [5, 5.41) is 1.22. The maximum Gasteiger partial charge on any atom is 0.277 e. The molecule has 1 aromatic carbocycles. The highest BCUT2D eigenvalue weighted by Crippen LogP contribution is 2.36. The number of aryl methyl sites for hydroxylation is 1. The molecule has 24 heavy (non-hydrogen) atoms. The van der Waals surface area contributed by atoms with E-state index in [1.807, 2.05) is 32.0 Å². The lowest BCUT2D eigenvalue weighted by Crippen LogP contribution is -2.30. The molecule has 6 heteroatoms. The molecule has 1 amide bonds. The van der Waals surface area contributed by atoms with Gasteiger partial charge in [-0.25, -0.2) is 5.06 Å². The fraction of sp³-hybridized carbons (Fsp3) is 0.611. The second-order valence-electron chi connectivity index (χ2n) is 6.73. The third kappa shape index (κ3) is 3.62. The minimum absolute atomic E-state index is 0.00978. The van der Waals surface area contributed by atoms with Crippen LogP contribution in [0.1, 0.15) is 36.2 Å². The molecule has 1 aromatic rings. The molecule has 0 N–H and O–H groups in total. The molecule has 0 saturated carbocycles. The largest absolute Gasteiger partial charge is 0.373 e. The molecule has 2 aliphatic rings. The summed E-state index contributed by atoms with van der Waals surface area (Å²) in [5.74, 6) is -0.695. The van der Waals surface area contributed by atoms with Crippen LogP contribution < -0.4 is 0 Å². The number of hydrogen-bond acceptors (Lipinski definition) is 5. The van der Waals surface area contributed by atoms with E-state index in [-0.39, 0.29) is 24.2 Å². The molecule has 3 atom stereocenters. The number of hydroxylamine groups is 2. The normalized spacial score (nSPS) is 27.9. The Hall–Kier alpha value is -1.47. The monoisotopic (exact) mass is 335 g/mol. The SMILES string of the molecule is CON(C)C(=O)c1cccc(CC[C@H]2OC[C@H]3OC(C)(C)O[C@@H]23)c1. The van der Waals surface area contributed by atoms with E-state index < -0.39 is 5.79 Å². The van der Waals surface area contributed by atoms with Crippen LogP contribution in [0.2, 0.25) is 0 Å². The van der Waals surface area contributed by atoms with E-state index in [0.717, 1.165) is 18.4 Å². The van der Waals surface area contributed by atoms with Crippen molar-refractivity contribution in [3.05, 3.63) is 35.4 Å². The zero-order valence-corrected chi connectivity index (χ0v) is 14.7. The first-order chi connectivity index (χ1) is 11.4. The van der Waals surface area contributed by atoms with Crippen LogP contribution >= 0.6 is 0 Å². The molecule has 2 fully saturated rings. The van der Waals surface area contributed by atoms with Crippen molar-refractivity contribution < 1.29 is 23.8 Å². The van der Waals surface area contributed by atoms with Crippen molar-refractivity contribution in [2.45, 2.75) is 50.8 Å². The van der Waals surface area contributed by atoms with Crippen LogP contribution in [0.15, 0.2) is 24.3 Å². The number of ether oxygens (including phenoxy) is 3. The minimum Gasteiger partial charge on any atom is -0.373 e. The number of fused-ring (bicyclic) bond motifs is 1. The number of amides is 1. The van der Waals surface area contributed by atoms with Gasteiger partial charge in [0.25, 0.3) is 5.91 Å². The molecule has 0 bridgehead atoms. The van der Waals surface area contributed by atoms with Crippen molar-refractivity contribution in [1.29, 1.82) is 0 Å². The maximum absolute atomic E-state index is 12.1. The highest BCUT2D eigenvalue weighted by atomic mass is 16.8. The van der Waals surface area contributed by atoms with Gasteiger partial charge >= 0.3 is 0 Å². The van der Waals surface area contributed by atoms with Gasteiger partial charge in [-0.1, -0.05) is 12.1 Å². The fourth-order valence-corrected chi connectivity index (χ4v) is 3.30. The Morgan fingerprint density at radius 2 is 2.17 bits per heavy atom. The summed E-state index contributed by atoms with van der Waals surface area (Å²) in [6.45, 7) is 4.45. The standard InChI is InChI=1S/C18H25NO5/c1-18(2)23-15-11-22-14(16(15)24-18)9-8-12-6-5-7-13(10-12)17(20)19(3)21-4/h5-7,10,14-16H,8-9,11H2,1-4H3/t14-,15-,16+/m1/s1. The van der Waals surface area contributed by atoms with Crippen molar-refractivity contribution in [3.8, 4) is 0 Å². The quantitative estimate of drug-likeness (QED) is 0.772. The third-order valence-corrected chi connectivity index (χ3v) is 4.51. The molecule has 0 aromatic heterocycles. The number of carbonyl (C=O) groups excluding carboxylic acids is 1. The first kappa shape index (κ1) is 17.4. The molecule has 2 heterocycles. The Kier molecular flexibility index (Phi) is 4.92. The van der Waals surface area contributed by atoms with E-state index in [2.05, 4.69) is 0 Å². The summed E-state index contributed by atoms with van der Waals surface area (Å²) in [4.78, 5) is 17.1. The molecular weight excluding hydrogens is 310 g/mol. The summed E-state index contributed by atoms with van der Waals surface area (Å²) >= 11 is 0. The molecule has 3 rings (SSSR count). The van der Waals surface area contributed by atoms with Gasteiger partial charge in [0, 0.05) is 12.6 Å². The van der Waals surface area contributed by atoms with E-state index in [4.69, 9.17) is 19.0 Å². The summed E-state index contributed by atoms with van der Waals surface area (Å²) < 4.78 is 17.6. The molecule has 132 valence electrons. The molecular formula is C18H25NO5. The van der Waals surface area contributed by atoms with Gasteiger partial charge in [-0.3, -0.25) is 9.63 Å². The second kappa shape index (κ2) is 6.80. The number of carbonyl (C=O) groups is 1. The van der Waals surface area contributed by atoms with E-state index in [0.29, 0.717) is 12.2 Å². The predicted octanol–water partition coefficient (Wildman–Crippen LogP) is 2.17. The molecule has 0 spiro atoms. The first-order valence-corrected chi connectivity index (χ1v) is 8.28. The summed E-state index contributed by atoms with van der Waals surface area (Å²) in [5.41, 5.74) is 1.71. The van der Waals surface area contributed by atoms with E-state index in [1.54, 1.807) is 13.1 Å². The number of benzene rings is 1. The van der Waals surface area contributed by atoms with Crippen molar-refractivity contribution in [2.24, 2.45) is 0 Å². The van der Waals surface area contributed by atoms with Crippen LogP contribution in [-0.4, -0.2) is 55.8 Å². The molecule has 0 unspecified atom stereocenters. The zero-order valence-electron chi connectivity index (χ0n) is 14.7. The van der Waals surface area contributed by atoms with Crippen LogP contribution in [0, 0.1) is 0 Å². The van der Waals surface area contributed by atoms with E-state index in [1.165, 1.54) is 12.2 Å². The molecule has 0 aliphatic carbocycles. The Bertz CT molecular complexity index is 603. The number of hydrogen-bond donors (Lipinski definition) is 0. The van der Waals surface area contributed by atoms with Crippen LogP contribution in [0.4, 0.5) is 0 Å². The lowest BCUT2D eigenvalue weighted by molar-refractivity contribution is -0.175. The summed E-state index contributed by atoms with van der Waals surface area (Å²) in [6.07, 6.45) is 1.68. The van der Waals surface area contributed by atoms with E-state index >= 15 is 0 Å². The first-order valence-electron chi connectivity index (χ1n) is 8.28. The van der Waals surface area contributed by atoms with Crippen molar-refractivity contribution in [2.75, 3.05) is 20.8 Å². The fourth-order valence-electron chi connectivity index (χ4n) is 3.30. The van der Waals surface area contributed by atoms with Gasteiger partial charge in [0.1, 0.15) is 12.2 Å². The van der Waals surface area contributed by atoms with Gasteiger partial charge in [0.05, 0.1) is 19.8 Å². The third-order valence-electron chi connectivity index (χ3n) is 4.51. The van der Waals surface area contributed by atoms with E-state index in [9.17, 15) is 4.79 Å². The van der Waals surface area contributed by atoms with Gasteiger partial charge in [0.15, 0.2) is 5.79 Å².